The van der Waals surface area contributed by atoms with Crippen molar-refractivity contribution in [2.24, 2.45) is 0 Å². The lowest BCUT2D eigenvalue weighted by molar-refractivity contribution is 0.110. The molecule has 1 aliphatic carbocycles. The molecule has 2 aromatic heterocycles. The highest BCUT2D eigenvalue weighted by atomic mass is 16.5. The highest BCUT2D eigenvalue weighted by Gasteiger charge is 2.22. The fourth-order valence-electron chi connectivity index (χ4n) is 3.20. The molecule has 0 unspecified atom stereocenters. The normalized spacial score (nSPS) is 19.9. The summed E-state index contributed by atoms with van der Waals surface area (Å²) in [7, 11) is 2.14. The molecule has 7 heteroatoms. The highest BCUT2D eigenvalue weighted by Crippen LogP contribution is 2.36. The van der Waals surface area contributed by atoms with E-state index in [2.05, 4.69) is 43.5 Å². The zero-order valence-corrected chi connectivity index (χ0v) is 14.0. The molecule has 4 rings (SSSR count). The molecule has 24 heavy (non-hydrogen) atoms. The van der Waals surface area contributed by atoms with Gasteiger partial charge in [-0.2, -0.15) is 10.1 Å². The van der Waals surface area contributed by atoms with Crippen LogP contribution in [0.5, 0.6) is 5.88 Å². The molecule has 1 saturated heterocycles. The van der Waals surface area contributed by atoms with E-state index in [1.54, 1.807) is 12.4 Å². The van der Waals surface area contributed by atoms with E-state index < -0.39 is 0 Å². The Kier molecular flexibility index (Phi) is 4.34. The summed E-state index contributed by atoms with van der Waals surface area (Å²) in [6.07, 6.45) is 9.46. The van der Waals surface area contributed by atoms with Gasteiger partial charge in [0.25, 0.3) is 0 Å². The molecular formula is C17H24N6O. The predicted molar refractivity (Wildman–Crippen MR) is 91.6 cm³/mol. The van der Waals surface area contributed by atoms with Crippen molar-refractivity contribution < 1.29 is 4.74 Å². The molecule has 2 aromatic rings. The average Bonchev–Trinajstić information content (AvgIpc) is 2.96. The first-order chi connectivity index (χ1) is 11.8. The molecule has 0 spiro atoms. The molecule has 0 aromatic carbocycles. The fraction of sp³-hybridized carbons (Fsp3) is 0.588. The Bertz CT molecular complexity index is 675. The van der Waals surface area contributed by atoms with Crippen LogP contribution in [0.25, 0.3) is 0 Å². The van der Waals surface area contributed by atoms with E-state index in [1.807, 2.05) is 0 Å². The van der Waals surface area contributed by atoms with E-state index in [1.165, 1.54) is 25.0 Å². The molecule has 0 bridgehead atoms. The standard InChI is InChI=1S/C17H24N6O/c1-23-7-5-13(6-8-23)24-17-11-18-10-16(20-17)19-15-9-14(21-22-15)12-3-2-4-12/h9-13H,2-8H2,1H3,(H2,19,20,21,22). The van der Waals surface area contributed by atoms with Gasteiger partial charge in [-0.3, -0.25) is 10.1 Å². The van der Waals surface area contributed by atoms with E-state index in [9.17, 15) is 0 Å². The van der Waals surface area contributed by atoms with Crippen LogP contribution in [-0.4, -0.2) is 51.3 Å². The minimum absolute atomic E-state index is 0.223. The fourth-order valence-corrected chi connectivity index (χ4v) is 3.20. The van der Waals surface area contributed by atoms with Gasteiger partial charge in [0.1, 0.15) is 6.10 Å². The summed E-state index contributed by atoms with van der Waals surface area (Å²) in [5.74, 6) is 2.65. The second-order valence-electron chi connectivity index (χ2n) is 6.82. The molecule has 2 N–H and O–H groups in total. The number of anilines is 2. The summed E-state index contributed by atoms with van der Waals surface area (Å²) in [6.45, 7) is 2.13. The number of rotatable bonds is 5. The second kappa shape index (κ2) is 6.76. The van der Waals surface area contributed by atoms with Crippen LogP contribution in [0.1, 0.15) is 43.7 Å². The Labute approximate surface area is 141 Å². The van der Waals surface area contributed by atoms with Crippen molar-refractivity contribution in [3.63, 3.8) is 0 Å². The Balaban J connectivity index is 1.38. The van der Waals surface area contributed by atoms with Crippen LogP contribution >= 0.6 is 0 Å². The Morgan fingerprint density at radius 1 is 1.17 bits per heavy atom. The van der Waals surface area contributed by atoms with Crippen LogP contribution in [0.3, 0.4) is 0 Å². The van der Waals surface area contributed by atoms with Crippen LogP contribution in [-0.2, 0) is 0 Å². The summed E-state index contributed by atoms with van der Waals surface area (Å²) in [6, 6.07) is 2.07. The summed E-state index contributed by atoms with van der Waals surface area (Å²) in [5.41, 5.74) is 1.20. The molecule has 2 fully saturated rings. The van der Waals surface area contributed by atoms with E-state index in [4.69, 9.17) is 4.74 Å². The van der Waals surface area contributed by atoms with E-state index >= 15 is 0 Å². The number of hydrogen-bond donors (Lipinski definition) is 2. The third-order valence-corrected chi connectivity index (χ3v) is 4.96. The van der Waals surface area contributed by atoms with Crippen LogP contribution in [0.4, 0.5) is 11.6 Å². The number of hydrogen-bond acceptors (Lipinski definition) is 6. The van der Waals surface area contributed by atoms with E-state index in [0.717, 1.165) is 31.7 Å². The Morgan fingerprint density at radius 3 is 2.75 bits per heavy atom. The number of H-pyrrole nitrogens is 1. The van der Waals surface area contributed by atoms with Crippen molar-refractivity contribution in [1.82, 2.24) is 25.1 Å². The summed E-state index contributed by atoms with van der Waals surface area (Å²) in [5, 5.41) is 10.6. The van der Waals surface area contributed by atoms with Crippen LogP contribution in [0, 0.1) is 0 Å². The van der Waals surface area contributed by atoms with Crippen LogP contribution < -0.4 is 10.1 Å². The minimum Gasteiger partial charge on any atom is -0.473 e. The van der Waals surface area contributed by atoms with Crippen molar-refractivity contribution in [3.8, 4) is 5.88 Å². The molecule has 7 nitrogen and oxygen atoms in total. The van der Waals surface area contributed by atoms with Gasteiger partial charge in [-0.1, -0.05) is 6.42 Å². The van der Waals surface area contributed by atoms with Crippen molar-refractivity contribution >= 4 is 11.6 Å². The van der Waals surface area contributed by atoms with E-state index in [-0.39, 0.29) is 6.10 Å². The maximum atomic E-state index is 5.98. The van der Waals surface area contributed by atoms with Gasteiger partial charge in [-0.15, -0.1) is 0 Å². The second-order valence-corrected chi connectivity index (χ2v) is 6.82. The Morgan fingerprint density at radius 2 is 2.00 bits per heavy atom. The van der Waals surface area contributed by atoms with Crippen LogP contribution in [0.15, 0.2) is 18.5 Å². The molecule has 2 aliphatic rings. The third kappa shape index (κ3) is 3.51. The molecule has 3 heterocycles. The first-order valence-corrected chi connectivity index (χ1v) is 8.76. The van der Waals surface area contributed by atoms with Gasteiger partial charge in [0.15, 0.2) is 11.6 Å². The van der Waals surface area contributed by atoms with E-state index in [0.29, 0.717) is 17.6 Å². The SMILES string of the molecule is CN1CCC(Oc2cncc(Nc3cc(C4CCC4)[nH]n3)n2)CC1. The maximum absolute atomic E-state index is 5.98. The number of piperidine rings is 1. The molecule has 128 valence electrons. The number of aromatic amines is 1. The van der Waals surface area contributed by atoms with Crippen LogP contribution in [0.2, 0.25) is 0 Å². The molecule has 0 atom stereocenters. The van der Waals surface area contributed by atoms with Gasteiger partial charge < -0.3 is 15.0 Å². The quantitative estimate of drug-likeness (QED) is 0.878. The number of aromatic nitrogens is 4. The molecular weight excluding hydrogens is 304 g/mol. The van der Waals surface area contributed by atoms with Crippen molar-refractivity contribution in [2.45, 2.75) is 44.1 Å². The zero-order chi connectivity index (χ0) is 16.4. The van der Waals surface area contributed by atoms with Crippen molar-refractivity contribution in [3.05, 3.63) is 24.2 Å². The lowest BCUT2D eigenvalue weighted by atomic mass is 9.83. The van der Waals surface area contributed by atoms with Gasteiger partial charge >= 0.3 is 0 Å². The lowest BCUT2D eigenvalue weighted by Gasteiger charge is -2.28. The monoisotopic (exact) mass is 328 g/mol. The first kappa shape index (κ1) is 15.4. The Hall–Kier alpha value is -2.15. The summed E-state index contributed by atoms with van der Waals surface area (Å²) >= 11 is 0. The van der Waals surface area contributed by atoms with Gasteiger partial charge in [-0.25, -0.2) is 0 Å². The number of nitrogens with one attached hydrogen (secondary N) is 2. The zero-order valence-electron chi connectivity index (χ0n) is 14.0. The maximum Gasteiger partial charge on any atom is 0.234 e. The van der Waals surface area contributed by atoms with Crippen molar-refractivity contribution in [2.75, 3.05) is 25.5 Å². The van der Waals surface area contributed by atoms with Gasteiger partial charge in [-0.05, 0) is 32.7 Å². The predicted octanol–water partition coefficient (Wildman–Crippen LogP) is 2.68. The summed E-state index contributed by atoms with van der Waals surface area (Å²) in [4.78, 5) is 11.1. The highest BCUT2D eigenvalue weighted by molar-refractivity contribution is 5.51. The number of ether oxygens (including phenoxy) is 1. The van der Waals surface area contributed by atoms with Crippen molar-refractivity contribution in [1.29, 1.82) is 0 Å². The van der Waals surface area contributed by atoms with Gasteiger partial charge in [0, 0.05) is 30.8 Å². The lowest BCUT2D eigenvalue weighted by Crippen LogP contribution is -2.35. The first-order valence-electron chi connectivity index (χ1n) is 8.76. The van der Waals surface area contributed by atoms with Gasteiger partial charge in [0.2, 0.25) is 5.88 Å². The average molecular weight is 328 g/mol. The third-order valence-electron chi connectivity index (χ3n) is 4.96. The van der Waals surface area contributed by atoms with Gasteiger partial charge in [0.05, 0.1) is 12.4 Å². The molecule has 1 saturated carbocycles. The molecule has 1 aliphatic heterocycles. The summed E-state index contributed by atoms with van der Waals surface area (Å²) < 4.78 is 5.98. The number of nitrogens with zero attached hydrogens (tertiary/aromatic N) is 4. The molecule has 0 radical (unpaired) electrons. The molecule has 0 amide bonds. The number of likely N-dealkylation sites (tertiary alicyclic amines) is 1. The minimum atomic E-state index is 0.223. The smallest absolute Gasteiger partial charge is 0.234 e. The topological polar surface area (TPSA) is 79.0 Å². The largest absolute Gasteiger partial charge is 0.473 e.